The van der Waals surface area contributed by atoms with Gasteiger partial charge in [0, 0.05) is 5.54 Å². The molecule has 0 atom stereocenters. The minimum Gasteiger partial charge on any atom is -0.465 e. The lowest BCUT2D eigenvalue weighted by atomic mass is 10.1. The highest BCUT2D eigenvalue weighted by Crippen LogP contribution is 2.46. The zero-order chi connectivity index (χ0) is 15.5. The van der Waals surface area contributed by atoms with Gasteiger partial charge in [0.05, 0.1) is 4.75 Å². The van der Waals surface area contributed by atoms with Crippen LogP contribution in [0.3, 0.4) is 0 Å². The maximum atomic E-state index is 11.0. The summed E-state index contributed by atoms with van der Waals surface area (Å²) in [5.74, 6) is 0.413. The Kier molecular flexibility index (Phi) is 5.83. The van der Waals surface area contributed by atoms with E-state index in [-0.39, 0.29) is 5.54 Å². The Morgan fingerprint density at radius 2 is 1.79 bits per heavy atom. The van der Waals surface area contributed by atoms with Crippen LogP contribution >= 0.6 is 0 Å². The predicted molar refractivity (Wildman–Crippen MR) is 75.4 cm³/mol. The van der Waals surface area contributed by atoms with Crippen LogP contribution in [0.1, 0.15) is 53.9 Å². The van der Waals surface area contributed by atoms with E-state index < -0.39 is 20.9 Å². The van der Waals surface area contributed by atoms with E-state index in [1.165, 1.54) is 0 Å². The van der Waals surface area contributed by atoms with Crippen LogP contribution in [0.15, 0.2) is 0 Å². The monoisotopic (exact) mass is 294 g/mol. The van der Waals surface area contributed by atoms with Crippen LogP contribution in [0.2, 0.25) is 0 Å². The van der Waals surface area contributed by atoms with Gasteiger partial charge in [0.25, 0.3) is 0 Å². The number of carboxylic acid groups (broad SMARTS) is 1. The molecule has 1 fully saturated rings. The molecule has 1 saturated carbocycles. The molecule has 6 nitrogen and oxygen atoms in total. The van der Waals surface area contributed by atoms with E-state index in [0.29, 0.717) is 12.3 Å². The van der Waals surface area contributed by atoms with Crippen molar-refractivity contribution in [3.63, 3.8) is 0 Å². The second kappa shape index (κ2) is 6.09. The zero-order valence-electron chi connectivity index (χ0n) is 12.4. The molecule has 0 heterocycles. The Morgan fingerprint density at radius 1 is 1.37 bits per heavy atom. The van der Waals surface area contributed by atoms with Crippen LogP contribution in [-0.4, -0.2) is 29.9 Å². The van der Waals surface area contributed by atoms with Crippen molar-refractivity contribution in [1.82, 2.24) is 5.32 Å². The van der Waals surface area contributed by atoms with Crippen LogP contribution in [0.4, 0.5) is 4.79 Å². The maximum absolute atomic E-state index is 11.0. The fourth-order valence-corrected chi connectivity index (χ4v) is 3.05. The molecule has 0 aromatic rings. The van der Waals surface area contributed by atoms with Crippen LogP contribution in [0.5, 0.6) is 0 Å². The molecular weight excluding hydrogens is 268 g/mol. The fraction of sp³-hybridized carbons (Fsp3) is 0.917. The number of rotatable bonds is 3. The second-order valence-corrected chi connectivity index (χ2v) is 8.46. The molecule has 0 saturated heterocycles. The number of hydrogen-bond acceptors (Lipinski definition) is 3. The van der Waals surface area contributed by atoms with Gasteiger partial charge in [0.15, 0.2) is 0 Å². The largest absolute Gasteiger partial charge is 0.465 e. The molecule has 19 heavy (non-hydrogen) atoms. The lowest BCUT2D eigenvalue weighted by Gasteiger charge is -2.16. The van der Waals surface area contributed by atoms with Gasteiger partial charge in [-0.1, -0.05) is 13.8 Å². The number of hydrogen-bond donors (Lipinski definition) is 3. The number of sulfonamides is 1. The molecule has 4 N–H and O–H groups in total. The van der Waals surface area contributed by atoms with Crippen molar-refractivity contribution in [1.29, 1.82) is 0 Å². The summed E-state index contributed by atoms with van der Waals surface area (Å²) < 4.78 is 21.5. The Balaban J connectivity index is 0.000000362. The second-order valence-electron chi connectivity index (χ2n) is 6.51. The first-order valence-electron chi connectivity index (χ1n) is 6.32. The quantitative estimate of drug-likeness (QED) is 0.738. The molecule has 7 heteroatoms. The normalized spacial score (nSPS) is 17.4. The maximum Gasteiger partial charge on any atom is 0.405 e. The number of carbonyl (C=O) groups is 1. The number of nitrogens with one attached hydrogen (secondary N) is 1. The summed E-state index contributed by atoms with van der Waals surface area (Å²) in [6, 6.07) is 0. The molecule has 0 aliphatic heterocycles. The molecule has 114 valence electrons. The third kappa shape index (κ3) is 7.37. The first kappa shape index (κ1) is 18.2. The summed E-state index contributed by atoms with van der Waals surface area (Å²) in [6.07, 6.45) is 1.25. The summed E-state index contributed by atoms with van der Waals surface area (Å²) in [7, 11) is -3.29. The van der Waals surface area contributed by atoms with Crippen LogP contribution < -0.4 is 10.5 Å². The highest BCUT2D eigenvalue weighted by Gasteiger charge is 2.52. The molecule has 1 aliphatic rings. The summed E-state index contributed by atoms with van der Waals surface area (Å²) in [5, 5.41) is 15.5. The highest BCUT2D eigenvalue weighted by molar-refractivity contribution is 7.90. The molecule has 1 rings (SSSR count). The summed E-state index contributed by atoms with van der Waals surface area (Å²) in [6.45, 7) is 9.42. The van der Waals surface area contributed by atoms with Gasteiger partial charge in [-0.2, -0.15) is 0 Å². The Labute approximate surface area is 115 Å². The van der Waals surface area contributed by atoms with Crippen LogP contribution in [0.25, 0.3) is 0 Å². The van der Waals surface area contributed by atoms with Gasteiger partial charge in [-0.25, -0.2) is 18.4 Å². The van der Waals surface area contributed by atoms with Gasteiger partial charge in [-0.3, -0.25) is 0 Å². The molecule has 0 bridgehead atoms. The Hall–Kier alpha value is -0.820. The SMILES string of the molecule is CC(C)(C)NC(=O)O.CC(C)CC1(S(N)(=O)=O)CC1. The van der Waals surface area contributed by atoms with Gasteiger partial charge >= 0.3 is 6.09 Å². The third-order valence-electron chi connectivity index (χ3n) is 2.67. The van der Waals surface area contributed by atoms with E-state index in [2.05, 4.69) is 5.32 Å². The van der Waals surface area contributed by atoms with E-state index in [9.17, 15) is 13.2 Å². The standard InChI is InChI=1S/C7H15NO2S.C5H11NO2/c1-6(2)5-7(3-4-7)11(8,9)10;1-5(2,3)6-4(7)8/h6H,3-5H2,1-2H3,(H2,8,9,10);6H,1-3H3,(H,7,8). The van der Waals surface area contributed by atoms with Gasteiger partial charge in [-0.05, 0) is 46.0 Å². The molecule has 1 aliphatic carbocycles. The third-order valence-corrected chi connectivity index (χ3v) is 4.46. The first-order valence-corrected chi connectivity index (χ1v) is 7.87. The van der Waals surface area contributed by atoms with Gasteiger partial charge in [0.1, 0.15) is 0 Å². The van der Waals surface area contributed by atoms with E-state index in [1.54, 1.807) is 20.8 Å². The smallest absolute Gasteiger partial charge is 0.405 e. The summed E-state index contributed by atoms with van der Waals surface area (Å²) in [5.41, 5.74) is -0.328. The average molecular weight is 294 g/mol. The molecule has 0 aromatic carbocycles. The van der Waals surface area contributed by atoms with Crippen molar-refractivity contribution in [2.75, 3.05) is 0 Å². The molecule has 0 radical (unpaired) electrons. The minimum atomic E-state index is -3.29. The first-order chi connectivity index (χ1) is 8.29. The molecular formula is C12H26N2O4S. The van der Waals surface area contributed by atoms with Gasteiger partial charge < -0.3 is 10.4 Å². The van der Waals surface area contributed by atoms with Gasteiger partial charge in [0.2, 0.25) is 10.0 Å². The van der Waals surface area contributed by atoms with Crippen LogP contribution in [0, 0.1) is 5.92 Å². The predicted octanol–water partition coefficient (Wildman–Crippen LogP) is 1.91. The molecule has 0 spiro atoms. The zero-order valence-corrected chi connectivity index (χ0v) is 13.2. The number of amides is 1. The lowest BCUT2D eigenvalue weighted by Crippen LogP contribution is -2.39. The van der Waals surface area contributed by atoms with Crippen molar-refractivity contribution in [3.05, 3.63) is 0 Å². The van der Waals surface area contributed by atoms with E-state index in [0.717, 1.165) is 12.8 Å². The van der Waals surface area contributed by atoms with Crippen molar-refractivity contribution in [2.45, 2.75) is 64.2 Å². The Bertz CT molecular complexity index is 406. The number of nitrogens with two attached hydrogens (primary N) is 1. The van der Waals surface area contributed by atoms with Crippen molar-refractivity contribution >= 4 is 16.1 Å². The molecule has 1 amide bonds. The molecule has 0 aromatic heterocycles. The van der Waals surface area contributed by atoms with Crippen molar-refractivity contribution in [2.24, 2.45) is 11.1 Å². The van der Waals surface area contributed by atoms with Crippen molar-refractivity contribution < 1.29 is 18.3 Å². The molecule has 0 unspecified atom stereocenters. The number of primary sulfonamides is 1. The van der Waals surface area contributed by atoms with Crippen molar-refractivity contribution in [3.8, 4) is 0 Å². The lowest BCUT2D eigenvalue weighted by molar-refractivity contribution is 0.184. The average Bonchev–Trinajstić information content (AvgIpc) is 2.78. The minimum absolute atomic E-state index is 0.328. The van der Waals surface area contributed by atoms with Gasteiger partial charge in [-0.15, -0.1) is 0 Å². The van der Waals surface area contributed by atoms with E-state index in [4.69, 9.17) is 10.2 Å². The highest BCUT2D eigenvalue weighted by atomic mass is 32.2. The summed E-state index contributed by atoms with van der Waals surface area (Å²) >= 11 is 0. The Morgan fingerprint density at radius 3 is 1.84 bits per heavy atom. The van der Waals surface area contributed by atoms with Crippen LogP contribution in [-0.2, 0) is 10.0 Å². The summed E-state index contributed by atoms with van der Waals surface area (Å²) in [4.78, 5) is 9.90. The van der Waals surface area contributed by atoms with E-state index >= 15 is 0 Å². The topological polar surface area (TPSA) is 109 Å². The van der Waals surface area contributed by atoms with E-state index in [1.807, 2.05) is 13.8 Å². The fourth-order valence-electron chi connectivity index (χ4n) is 1.81.